The summed E-state index contributed by atoms with van der Waals surface area (Å²) in [6, 6.07) is 4.19. The van der Waals surface area contributed by atoms with Crippen LogP contribution in [0.25, 0.3) is 0 Å². The molecule has 0 N–H and O–H groups in total. The van der Waals surface area contributed by atoms with E-state index in [1.807, 2.05) is 17.0 Å². The van der Waals surface area contributed by atoms with Crippen LogP contribution < -0.4 is 0 Å². The van der Waals surface area contributed by atoms with Gasteiger partial charge in [-0.25, -0.2) is 0 Å². The van der Waals surface area contributed by atoms with E-state index < -0.39 is 0 Å². The fourth-order valence-corrected chi connectivity index (χ4v) is 5.13. The Hall–Kier alpha value is -1.95. The van der Waals surface area contributed by atoms with E-state index in [1.165, 1.54) is 45.2 Å². The summed E-state index contributed by atoms with van der Waals surface area (Å²) >= 11 is 0. The van der Waals surface area contributed by atoms with Crippen LogP contribution in [0.3, 0.4) is 0 Å². The van der Waals surface area contributed by atoms with E-state index in [1.54, 1.807) is 12.4 Å². The molecule has 4 heterocycles. The van der Waals surface area contributed by atoms with Crippen LogP contribution in [-0.2, 0) is 16.1 Å². The first-order valence-corrected chi connectivity index (χ1v) is 11.4. The van der Waals surface area contributed by atoms with E-state index in [2.05, 4.69) is 14.8 Å². The van der Waals surface area contributed by atoms with Crippen molar-refractivity contribution in [1.82, 2.24) is 19.7 Å². The van der Waals surface area contributed by atoms with Crippen LogP contribution in [-0.4, -0.2) is 70.3 Å². The molecular formula is C23H34N4O2. The summed E-state index contributed by atoms with van der Waals surface area (Å²) in [4.78, 5) is 36.6. The third kappa shape index (κ3) is 5.16. The number of hydrogen-bond acceptors (Lipinski definition) is 4. The molecule has 3 aliphatic heterocycles. The van der Waals surface area contributed by atoms with Gasteiger partial charge in [0.1, 0.15) is 0 Å². The largest absolute Gasteiger partial charge is 0.338 e. The average Bonchev–Trinajstić information content (AvgIpc) is 2.93. The van der Waals surface area contributed by atoms with Crippen LogP contribution >= 0.6 is 0 Å². The predicted molar refractivity (Wildman–Crippen MR) is 112 cm³/mol. The number of amides is 2. The maximum atomic E-state index is 13.4. The summed E-state index contributed by atoms with van der Waals surface area (Å²) in [5, 5.41) is 0. The van der Waals surface area contributed by atoms with Gasteiger partial charge in [0.2, 0.25) is 11.8 Å². The van der Waals surface area contributed by atoms with Gasteiger partial charge in [-0.3, -0.25) is 14.6 Å². The number of piperidine rings is 1. The second-order valence-electron chi connectivity index (χ2n) is 8.93. The van der Waals surface area contributed by atoms with Gasteiger partial charge in [0.15, 0.2) is 0 Å². The number of aromatic nitrogens is 1. The normalized spacial score (nSPS) is 26.6. The van der Waals surface area contributed by atoms with Gasteiger partial charge < -0.3 is 14.7 Å². The van der Waals surface area contributed by atoms with Crippen molar-refractivity contribution in [2.24, 2.45) is 5.92 Å². The lowest BCUT2D eigenvalue weighted by atomic mass is 9.98. The molecule has 0 bridgehead atoms. The Morgan fingerprint density at radius 3 is 2.62 bits per heavy atom. The Labute approximate surface area is 174 Å². The van der Waals surface area contributed by atoms with Crippen molar-refractivity contribution in [3.8, 4) is 0 Å². The number of nitrogens with zero attached hydrogens (tertiary/aromatic N) is 4. The highest BCUT2D eigenvalue weighted by Gasteiger charge is 2.39. The third-order valence-electron chi connectivity index (χ3n) is 6.74. The molecule has 2 atom stereocenters. The van der Waals surface area contributed by atoms with E-state index in [0.29, 0.717) is 25.6 Å². The molecule has 2 amide bonds. The predicted octanol–water partition coefficient (Wildman–Crippen LogP) is 2.69. The van der Waals surface area contributed by atoms with Gasteiger partial charge in [-0.05, 0) is 56.8 Å². The summed E-state index contributed by atoms with van der Waals surface area (Å²) < 4.78 is 0. The van der Waals surface area contributed by atoms with E-state index in [4.69, 9.17) is 0 Å². The molecule has 0 spiro atoms. The average molecular weight is 399 g/mol. The van der Waals surface area contributed by atoms with E-state index >= 15 is 0 Å². The second-order valence-corrected chi connectivity index (χ2v) is 8.93. The fraction of sp³-hybridized carbons (Fsp3) is 0.696. The minimum atomic E-state index is -0.191. The van der Waals surface area contributed by atoms with Crippen LogP contribution in [0.5, 0.6) is 0 Å². The molecule has 29 heavy (non-hydrogen) atoms. The minimum absolute atomic E-state index is 0.0910. The first-order valence-electron chi connectivity index (χ1n) is 11.4. The van der Waals surface area contributed by atoms with Gasteiger partial charge in [0.05, 0.1) is 5.92 Å². The fourth-order valence-electron chi connectivity index (χ4n) is 5.13. The topological polar surface area (TPSA) is 56.8 Å². The molecule has 6 nitrogen and oxygen atoms in total. The summed E-state index contributed by atoms with van der Waals surface area (Å²) in [5.74, 6) is 0.101. The quantitative estimate of drug-likeness (QED) is 0.765. The summed E-state index contributed by atoms with van der Waals surface area (Å²) in [6.07, 6.45) is 12.5. The van der Waals surface area contributed by atoms with Crippen molar-refractivity contribution in [3.63, 3.8) is 0 Å². The van der Waals surface area contributed by atoms with Crippen LogP contribution in [0.15, 0.2) is 24.5 Å². The lowest BCUT2D eigenvalue weighted by Gasteiger charge is -2.39. The molecule has 3 aliphatic rings. The van der Waals surface area contributed by atoms with Crippen LogP contribution in [0.2, 0.25) is 0 Å². The number of pyridine rings is 1. The van der Waals surface area contributed by atoms with Crippen molar-refractivity contribution in [3.05, 3.63) is 30.1 Å². The molecule has 0 aliphatic carbocycles. The molecular weight excluding hydrogens is 364 g/mol. The maximum absolute atomic E-state index is 13.4. The lowest BCUT2D eigenvalue weighted by molar-refractivity contribution is -0.139. The Kier molecular flexibility index (Phi) is 6.80. The van der Waals surface area contributed by atoms with E-state index in [9.17, 15) is 9.59 Å². The standard InChI is InChI=1S/C23H34N4O2/c28-22-14-20(17-26(22)16-19-8-7-10-24-15-19)23(29)27-13-6-3-9-21(27)18-25-11-4-1-2-5-12-25/h7-8,10,15,20-21H,1-6,9,11-14,16-18H2. The summed E-state index contributed by atoms with van der Waals surface area (Å²) in [6.45, 7) is 5.28. The third-order valence-corrected chi connectivity index (χ3v) is 6.74. The van der Waals surface area contributed by atoms with Crippen molar-refractivity contribution in [2.45, 2.75) is 64.0 Å². The van der Waals surface area contributed by atoms with Crippen LogP contribution in [0.4, 0.5) is 0 Å². The monoisotopic (exact) mass is 398 g/mol. The zero-order chi connectivity index (χ0) is 20.1. The summed E-state index contributed by atoms with van der Waals surface area (Å²) in [7, 11) is 0. The van der Waals surface area contributed by atoms with E-state index in [-0.39, 0.29) is 17.7 Å². The SMILES string of the molecule is O=C1CC(C(=O)N2CCCCC2CN2CCCCCC2)CN1Cc1cccnc1. The molecule has 3 saturated heterocycles. The van der Waals surface area contributed by atoms with Gasteiger partial charge in [-0.15, -0.1) is 0 Å². The Morgan fingerprint density at radius 2 is 1.86 bits per heavy atom. The number of likely N-dealkylation sites (tertiary alicyclic amines) is 3. The number of carbonyl (C=O) groups excluding carboxylic acids is 2. The van der Waals surface area contributed by atoms with Gasteiger partial charge in [0, 0.05) is 51.0 Å². The molecule has 1 aromatic rings. The second kappa shape index (κ2) is 9.70. The van der Waals surface area contributed by atoms with Crippen molar-refractivity contribution in [1.29, 1.82) is 0 Å². The smallest absolute Gasteiger partial charge is 0.228 e. The highest BCUT2D eigenvalue weighted by molar-refractivity contribution is 5.89. The van der Waals surface area contributed by atoms with Gasteiger partial charge in [0.25, 0.3) is 0 Å². The summed E-state index contributed by atoms with van der Waals surface area (Å²) in [5.41, 5.74) is 1.02. The number of carbonyl (C=O) groups is 2. The highest BCUT2D eigenvalue weighted by Crippen LogP contribution is 2.27. The van der Waals surface area contributed by atoms with Crippen molar-refractivity contribution < 1.29 is 9.59 Å². The zero-order valence-corrected chi connectivity index (χ0v) is 17.5. The zero-order valence-electron chi connectivity index (χ0n) is 17.5. The molecule has 158 valence electrons. The molecule has 2 unspecified atom stereocenters. The number of rotatable bonds is 5. The van der Waals surface area contributed by atoms with Crippen molar-refractivity contribution in [2.75, 3.05) is 32.7 Å². The molecule has 1 aromatic heterocycles. The molecule has 6 heteroatoms. The van der Waals surface area contributed by atoms with Crippen LogP contribution in [0.1, 0.15) is 56.9 Å². The Balaban J connectivity index is 1.37. The molecule has 0 saturated carbocycles. The van der Waals surface area contributed by atoms with E-state index in [0.717, 1.165) is 31.5 Å². The Bertz CT molecular complexity index is 687. The van der Waals surface area contributed by atoms with Gasteiger partial charge in [-0.1, -0.05) is 18.9 Å². The first-order chi connectivity index (χ1) is 14.2. The minimum Gasteiger partial charge on any atom is -0.338 e. The molecule has 4 rings (SSSR count). The molecule has 3 fully saturated rings. The first kappa shape index (κ1) is 20.3. The van der Waals surface area contributed by atoms with Crippen LogP contribution in [0, 0.1) is 5.92 Å². The number of hydrogen-bond donors (Lipinski definition) is 0. The van der Waals surface area contributed by atoms with Gasteiger partial charge in [-0.2, -0.15) is 0 Å². The molecule has 0 aromatic carbocycles. The Morgan fingerprint density at radius 1 is 1.07 bits per heavy atom. The maximum Gasteiger partial charge on any atom is 0.228 e. The lowest BCUT2D eigenvalue weighted by Crippen LogP contribution is -2.51. The van der Waals surface area contributed by atoms with Crippen molar-refractivity contribution >= 4 is 11.8 Å². The molecule has 0 radical (unpaired) electrons. The highest BCUT2D eigenvalue weighted by atomic mass is 16.2. The van der Waals surface area contributed by atoms with Gasteiger partial charge >= 0.3 is 0 Å².